The van der Waals surface area contributed by atoms with Gasteiger partial charge in [0.15, 0.2) is 0 Å². The van der Waals surface area contributed by atoms with Crippen LogP contribution in [0.25, 0.3) is 0 Å². The molecule has 3 atom stereocenters. The van der Waals surface area contributed by atoms with Crippen LogP contribution < -0.4 is 10.6 Å². The maximum atomic E-state index is 12.6. The van der Waals surface area contributed by atoms with Crippen LogP contribution in [0, 0.1) is 5.92 Å². The summed E-state index contributed by atoms with van der Waals surface area (Å²) in [5, 5.41) is 14.7. The van der Waals surface area contributed by atoms with Gasteiger partial charge in [0, 0.05) is 18.4 Å². The molecule has 0 aromatic heterocycles. The Kier molecular flexibility index (Phi) is 16.4. The lowest BCUT2D eigenvalue weighted by Crippen LogP contribution is -2.54. The molecule has 0 aliphatic rings. The molecule has 0 aromatic rings. The Bertz CT molecular complexity index is 724. The van der Waals surface area contributed by atoms with E-state index in [0.717, 1.165) is 25.7 Å². The Labute approximate surface area is 204 Å². The average molecular weight is 481 g/mol. The maximum Gasteiger partial charge on any atom is 0.327 e. The van der Waals surface area contributed by atoms with Crippen molar-refractivity contribution in [2.75, 3.05) is 11.5 Å². The van der Waals surface area contributed by atoms with Crippen LogP contribution >= 0.6 is 11.8 Å². The van der Waals surface area contributed by atoms with Crippen molar-refractivity contribution < 1.29 is 19.5 Å². The number of carbonyl (C=O) groups is 3. The molecule has 0 aliphatic carbocycles. The van der Waals surface area contributed by atoms with Crippen molar-refractivity contribution in [2.24, 2.45) is 5.92 Å². The summed E-state index contributed by atoms with van der Waals surface area (Å²) in [7, 11) is 0. The molecule has 0 rings (SSSR count). The van der Waals surface area contributed by atoms with Crippen LogP contribution in [0.1, 0.15) is 80.6 Å². The molecule has 0 saturated carbocycles. The number of hydrogen-bond donors (Lipinski definition) is 3. The molecule has 0 heterocycles. The third-order valence-corrected chi connectivity index (χ3v) is 6.40. The van der Waals surface area contributed by atoms with E-state index in [1.165, 1.54) is 35.4 Å². The van der Waals surface area contributed by atoms with E-state index in [0.29, 0.717) is 12.2 Å². The van der Waals surface area contributed by atoms with Crippen molar-refractivity contribution in [2.45, 2.75) is 92.7 Å². The highest BCUT2D eigenvalue weighted by atomic mass is 32.2. The fraction of sp³-hybridized carbons (Fsp3) is 0.654. The fourth-order valence-electron chi connectivity index (χ4n) is 3.08. The number of allylic oxidation sites excluding steroid dienone is 5. The van der Waals surface area contributed by atoms with Gasteiger partial charge in [-0.2, -0.15) is 11.8 Å². The third-order valence-electron chi connectivity index (χ3n) is 5.43. The van der Waals surface area contributed by atoms with Crippen molar-refractivity contribution >= 4 is 29.5 Å². The summed E-state index contributed by atoms with van der Waals surface area (Å²) >= 11 is 1.47. The second-order valence-electron chi connectivity index (χ2n) is 8.96. The summed E-state index contributed by atoms with van der Waals surface area (Å²) in [4.78, 5) is 35.6. The summed E-state index contributed by atoms with van der Waals surface area (Å²) in [6.45, 7) is 13.6. The summed E-state index contributed by atoms with van der Waals surface area (Å²) in [5.74, 6) is -0.972. The van der Waals surface area contributed by atoms with Crippen LogP contribution in [0.4, 0.5) is 0 Å². The van der Waals surface area contributed by atoms with Gasteiger partial charge in [-0.15, -0.1) is 0 Å². The summed E-state index contributed by atoms with van der Waals surface area (Å²) in [5.41, 5.74) is 4.03. The minimum absolute atomic E-state index is 0.0912. The fourth-order valence-corrected chi connectivity index (χ4v) is 4.08. The van der Waals surface area contributed by atoms with Crippen molar-refractivity contribution in [3.05, 3.63) is 34.9 Å². The molecule has 2 amide bonds. The molecule has 0 fully saturated rings. The molecule has 7 heteroatoms. The van der Waals surface area contributed by atoms with Crippen LogP contribution in [0.3, 0.4) is 0 Å². The van der Waals surface area contributed by atoms with Gasteiger partial charge < -0.3 is 15.7 Å². The Morgan fingerprint density at radius 3 is 2.00 bits per heavy atom. The molecule has 0 aromatic carbocycles. The quantitative estimate of drug-likeness (QED) is 0.207. The van der Waals surface area contributed by atoms with E-state index >= 15 is 0 Å². The maximum absolute atomic E-state index is 12.6. The first-order valence-electron chi connectivity index (χ1n) is 11.8. The Morgan fingerprint density at radius 2 is 1.48 bits per heavy atom. The van der Waals surface area contributed by atoms with Gasteiger partial charge in [-0.1, -0.05) is 55.2 Å². The van der Waals surface area contributed by atoms with E-state index in [-0.39, 0.29) is 17.6 Å². The van der Waals surface area contributed by atoms with Crippen molar-refractivity contribution in [3.8, 4) is 0 Å². The molecular formula is C26H44N2O4S. The number of carbonyl (C=O) groups excluding carboxylic acids is 2. The van der Waals surface area contributed by atoms with E-state index in [1.807, 2.05) is 13.8 Å². The molecule has 0 unspecified atom stereocenters. The van der Waals surface area contributed by atoms with Crippen molar-refractivity contribution in [1.29, 1.82) is 0 Å². The van der Waals surface area contributed by atoms with Crippen molar-refractivity contribution in [3.63, 3.8) is 0 Å². The lowest BCUT2D eigenvalue weighted by molar-refractivity contribution is -0.141. The standard InChI is InChI=1S/C26H44N2O4S/c1-8-21(6)24(27-22(7)29)25(30)28-23(26(31)32)17-33-16-15-20(5)14-10-13-19(4)12-9-11-18(2)3/h11,13,15,21,23-24H,8-10,12,14,16-17H2,1-7H3,(H,27,29)(H,28,30)(H,31,32)/b19-13+,20-15+/t21-,23-,24+/m0/s1. The topological polar surface area (TPSA) is 95.5 Å². The predicted octanol–water partition coefficient (Wildman–Crippen LogP) is 5.26. The van der Waals surface area contributed by atoms with Gasteiger partial charge in [0.05, 0.1) is 0 Å². The zero-order chi connectivity index (χ0) is 25.4. The second kappa shape index (κ2) is 17.5. The number of aliphatic carboxylic acids is 1. The first kappa shape index (κ1) is 31.0. The van der Waals surface area contributed by atoms with E-state index < -0.39 is 24.0 Å². The van der Waals surface area contributed by atoms with E-state index in [4.69, 9.17) is 0 Å². The molecular weight excluding hydrogens is 436 g/mol. The third kappa shape index (κ3) is 15.4. The average Bonchev–Trinajstić information content (AvgIpc) is 2.72. The summed E-state index contributed by atoms with van der Waals surface area (Å²) < 4.78 is 0. The zero-order valence-electron chi connectivity index (χ0n) is 21.5. The first-order chi connectivity index (χ1) is 15.5. The molecule has 6 nitrogen and oxygen atoms in total. The normalized spacial score (nSPS) is 14.8. The van der Waals surface area contributed by atoms with Crippen LogP contribution in [0.5, 0.6) is 0 Å². The number of carboxylic acid groups (broad SMARTS) is 1. The minimum Gasteiger partial charge on any atom is -0.480 e. The van der Waals surface area contributed by atoms with Crippen molar-refractivity contribution in [1.82, 2.24) is 10.6 Å². The highest BCUT2D eigenvalue weighted by Gasteiger charge is 2.28. The Morgan fingerprint density at radius 1 is 0.909 bits per heavy atom. The summed E-state index contributed by atoms with van der Waals surface area (Å²) in [6, 6.07) is -1.73. The predicted molar refractivity (Wildman–Crippen MR) is 139 cm³/mol. The van der Waals surface area contributed by atoms with Gasteiger partial charge in [0.25, 0.3) is 0 Å². The SMILES string of the molecule is CC[C@H](C)[C@@H](NC(C)=O)C(=O)N[C@@H](CSC/C=C(\C)CC/C=C(\C)CCC=C(C)C)C(=O)O. The highest BCUT2D eigenvalue weighted by Crippen LogP contribution is 2.14. The molecule has 0 radical (unpaired) electrons. The smallest absolute Gasteiger partial charge is 0.327 e. The summed E-state index contributed by atoms with van der Waals surface area (Å²) in [6.07, 6.45) is 11.5. The molecule has 0 bridgehead atoms. The lowest BCUT2D eigenvalue weighted by atomic mass is 9.98. The Hall–Kier alpha value is -2.02. The van der Waals surface area contributed by atoms with Gasteiger partial charge >= 0.3 is 5.97 Å². The first-order valence-corrected chi connectivity index (χ1v) is 13.0. The molecule has 0 spiro atoms. The van der Waals surface area contributed by atoms with Crippen LogP contribution in [-0.4, -0.2) is 46.5 Å². The number of amides is 2. The second-order valence-corrected chi connectivity index (χ2v) is 10.0. The molecule has 188 valence electrons. The number of nitrogens with one attached hydrogen (secondary N) is 2. The van der Waals surface area contributed by atoms with Gasteiger partial charge in [0.2, 0.25) is 11.8 Å². The van der Waals surface area contributed by atoms with E-state index in [1.54, 1.807) is 0 Å². The largest absolute Gasteiger partial charge is 0.480 e. The lowest BCUT2D eigenvalue weighted by Gasteiger charge is -2.24. The molecule has 33 heavy (non-hydrogen) atoms. The molecule has 3 N–H and O–H groups in total. The monoisotopic (exact) mass is 480 g/mol. The number of hydrogen-bond acceptors (Lipinski definition) is 4. The van der Waals surface area contributed by atoms with E-state index in [9.17, 15) is 19.5 Å². The zero-order valence-corrected chi connectivity index (χ0v) is 22.3. The Balaban J connectivity index is 4.58. The van der Waals surface area contributed by atoms with Gasteiger partial charge in [-0.3, -0.25) is 9.59 Å². The molecule has 0 saturated heterocycles. The molecule has 0 aliphatic heterocycles. The van der Waals surface area contributed by atoms with Crippen LogP contribution in [0.2, 0.25) is 0 Å². The van der Waals surface area contributed by atoms with Gasteiger partial charge in [0.1, 0.15) is 12.1 Å². The van der Waals surface area contributed by atoms with E-state index in [2.05, 4.69) is 56.6 Å². The number of thioether (sulfide) groups is 1. The number of rotatable bonds is 16. The number of carboxylic acids is 1. The van der Waals surface area contributed by atoms with Crippen LogP contribution in [-0.2, 0) is 14.4 Å². The van der Waals surface area contributed by atoms with Gasteiger partial charge in [-0.25, -0.2) is 4.79 Å². The highest BCUT2D eigenvalue weighted by molar-refractivity contribution is 7.99. The van der Waals surface area contributed by atoms with Crippen LogP contribution in [0.15, 0.2) is 34.9 Å². The van der Waals surface area contributed by atoms with Gasteiger partial charge in [-0.05, 0) is 59.3 Å². The minimum atomic E-state index is -1.07.